The number of benzene rings is 1. The van der Waals surface area contributed by atoms with Crippen LogP contribution >= 0.6 is 24.0 Å². The Hall–Kier alpha value is -0.420. The maximum atomic E-state index is 13.9. The summed E-state index contributed by atoms with van der Waals surface area (Å²) in [6.45, 7) is 2.85. The SMILES string of the molecule is Cl.FCC[C@@H](c1cc(Cl)ccc1F)N1CCNCC1. The van der Waals surface area contributed by atoms with E-state index in [1.165, 1.54) is 12.1 Å². The highest BCUT2D eigenvalue weighted by Gasteiger charge is 2.24. The molecule has 2 rings (SSSR count). The molecule has 0 aliphatic carbocycles. The third-order valence-electron chi connectivity index (χ3n) is 3.29. The zero-order valence-electron chi connectivity index (χ0n) is 10.5. The van der Waals surface area contributed by atoms with Crippen molar-refractivity contribution in [3.63, 3.8) is 0 Å². The molecule has 1 fully saturated rings. The Morgan fingerprint density at radius 1 is 1.32 bits per heavy atom. The van der Waals surface area contributed by atoms with Gasteiger partial charge in [-0.15, -0.1) is 12.4 Å². The van der Waals surface area contributed by atoms with Crippen LogP contribution in [0.4, 0.5) is 8.78 Å². The zero-order valence-corrected chi connectivity index (χ0v) is 12.1. The molecule has 0 bridgehead atoms. The molecule has 0 radical (unpaired) electrons. The third kappa shape index (κ3) is 4.28. The smallest absolute Gasteiger partial charge is 0.128 e. The molecule has 0 unspecified atom stereocenters. The van der Waals surface area contributed by atoms with Crippen LogP contribution in [0, 0.1) is 5.82 Å². The summed E-state index contributed by atoms with van der Waals surface area (Å²) in [6.07, 6.45) is 0.303. The molecule has 2 nitrogen and oxygen atoms in total. The van der Waals surface area contributed by atoms with Crippen LogP contribution in [0.2, 0.25) is 5.02 Å². The fourth-order valence-corrected chi connectivity index (χ4v) is 2.58. The van der Waals surface area contributed by atoms with E-state index >= 15 is 0 Å². The fraction of sp³-hybridized carbons (Fsp3) is 0.538. The highest BCUT2D eigenvalue weighted by Crippen LogP contribution is 2.29. The number of hydrogen-bond donors (Lipinski definition) is 1. The van der Waals surface area contributed by atoms with E-state index in [0.717, 1.165) is 26.2 Å². The van der Waals surface area contributed by atoms with Crippen LogP contribution in [0.1, 0.15) is 18.0 Å². The average Bonchev–Trinajstić information content (AvgIpc) is 2.40. The second-order valence-corrected chi connectivity index (χ2v) is 4.88. The van der Waals surface area contributed by atoms with E-state index in [0.29, 0.717) is 17.0 Å². The van der Waals surface area contributed by atoms with E-state index in [1.54, 1.807) is 6.07 Å². The van der Waals surface area contributed by atoms with E-state index in [2.05, 4.69) is 10.2 Å². The summed E-state index contributed by atoms with van der Waals surface area (Å²) in [6, 6.07) is 4.26. The van der Waals surface area contributed by atoms with E-state index in [9.17, 15) is 8.78 Å². The number of hydrogen-bond acceptors (Lipinski definition) is 2. The number of alkyl halides is 1. The fourth-order valence-electron chi connectivity index (χ4n) is 2.40. The lowest BCUT2D eigenvalue weighted by molar-refractivity contribution is 0.154. The Labute approximate surface area is 123 Å². The van der Waals surface area contributed by atoms with E-state index < -0.39 is 6.67 Å². The third-order valence-corrected chi connectivity index (χ3v) is 3.53. The van der Waals surface area contributed by atoms with Gasteiger partial charge < -0.3 is 5.32 Å². The molecular formula is C13H18Cl2F2N2. The molecular weight excluding hydrogens is 293 g/mol. The number of rotatable bonds is 4. The van der Waals surface area contributed by atoms with Crippen molar-refractivity contribution in [1.29, 1.82) is 0 Å². The molecule has 0 aromatic heterocycles. The Kier molecular flexibility index (Phi) is 7.00. The molecule has 1 atom stereocenters. The van der Waals surface area contributed by atoms with Crippen LogP contribution in [-0.2, 0) is 0 Å². The molecule has 6 heteroatoms. The van der Waals surface area contributed by atoms with E-state index in [-0.39, 0.29) is 24.3 Å². The summed E-state index contributed by atoms with van der Waals surface area (Å²) in [5.74, 6) is -0.309. The summed E-state index contributed by atoms with van der Waals surface area (Å²) in [7, 11) is 0. The first kappa shape index (κ1) is 16.6. The number of halogens is 4. The summed E-state index contributed by atoms with van der Waals surface area (Å²) >= 11 is 5.91. The minimum atomic E-state index is -0.458. The van der Waals surface area contributed by atoms with Crippen molar-refractivity contribution in [2.24, 2.45) is 0 Å². The molecule has 1 N–H and O–H groups in total. The summed E-state index contributed by atoms with van der Waals surface area (Å²) in [5.41, 5.74) is 0.502. The van der Waals surface area contributed by atoms with Gasteiger partial charge in [-0.1, -0.05) is 11.6 Å². The lowest BCUT2D eigenvalue weighted by Gasteiger charge is -2.35. The number of nitrogens with zero attached hydrogens (tertiary/aromatic N) is 1. The molecule has 1 aromatic carbocycles. The van der Waals surface area contributed by atoms with Crippen LogP contribution in [0.25, 0.3) is 0 Å². The predicted octanol–water partition coefficient (Wildman–Crippen LogP) is 3.21. The van der Waals surface area contributed by atoms with Crippen molar-refractivity contribution in [3.05, 3.63) is 34.6 Å². The van der Waals surface area contributed by atoms with Crippen molar-refractivity contribution in [3.8, 4) is 0 Å². The molecule has 0 spiro atoms. The van der Waals surface area contributed by atoms with Crippen molar-refractivity contribution >= 4 is 24.0 Å². The maximum Gasteiger partial charge on any atom is 0.128 e. The quantitative estimate of drug-likeness (QED) is 0.918. The molecule has 1 aliphatic heterocycles. The summed E-state index contributed by atoms with van der Waals surface area (Å²) < 4.78 is 26.6. The topological polar surface area (TPSA) is 15.3 Å². The molecule has 1 aromatic rings. The van der Waals surface area contributed by atoms with Gasteiger partial charge in [-0.05, 0) is 24.6 Å². The van der Waals surface area contributed by atoms with Gasteiger partial charge in [0.1, 0.15) is 5.82 Å². The second-order valence-electron chi connectivity index (χ2n) is 4.45. The molecule has 1 aliphatic rings. The van der Waals surface area contributed by atoms with Crippen molar-refractivity contribution in [2.75, 3.05) is 32.9 Å². The number of piperazine rings is 1. The van der Waals surface area contributed by atoms with Gasteiger partial charge in [-0.3, -0.25) is 9.29 Å². The maximum absolute atomic E-state index is 13.9. The van der Waals surface area contributed by atoms with Gasteiger partial charge in [0.2, 0.25) is 0 Å². The van der Waals surface area contributed by atoms with Crippen molar-refractivity contribution < 1.29 is 8.78 Å². The minimum absolute atomic E-state index is 0. The van der Waals surface area contributed by atoms with Gasteiger partial charge in [-0.2, -0.15) is 0 Å². The summed E-state index contributed by atoms with van der Waals surface area (Å²) in [4.78, 5) is 2.12. The Morgan fingerprint density at radius 3 is 2.63 bits per heavy atom. The molecule has 1 saturated heterocycles. The van der Waals surface area contributed by atoms with Crippen LogP contribution in [0.3, 0.4) is 0 Å². The van der Waals surface area contributed by atoms with Crippen molar-refractivity contribution in [2.45, 2.75) is 12.5 Å². The Bertz CT molecular complexity index is 398. The van der Waals surface area contributed by atoms with E-state index in [4.69, 9.17) is 11.6 Å². The van der Waals surface area contributed by atoms with Crippen LogP contribution in [-0.4, -0.2) is 37.8 Å². The molecule has 0 amide bonds. The van der Waals surface area contributed by atoms with Crippen molar-refractivity contribution in [1.82, 2.24) is 10.2 Å². The van der Waals surface area contributed by atoms with Crippen LogP contribution < -0.4 is 5.32 Å². The highest BCUT2D eigenvalue weighted by molar-refractivity contribution is 6.30. The van der Waals surface area contributed by atoms with Gasteiger partial charge in [-0.25, -0.2) is 4.39 Å². The van der Waals surface area contributed by atoms with E-state index in [1.807, 2.05) is 0 Å². The summed E-state index contributed by atoms with van der Waals surface area (Å²) in [5, 5.41) is 3.73. The monoisotopic (exact) mass is 310 g/mol. The van der Waals surface area contributed by atoms with Gasteiger partial charge >= 0.3 is 0 Å². The molecule has 19 heavy (non-hydrogen) atoms. The largest absolute Gasteiger partial charge is 0.314 e. The first-order valence-electron chi connectivity index (χ1n) is 6.18. The van der Waals surface area contributed by atoms with Gasteiger partial charge in [0.05, 0.1) is 6.67 Å². The average molecular weight is 311 g/mol. The molecule has 1 heterocycles. The molecule has 108 valence electrons. The first-order chi connectivity index (χ1) is 8.72. The normalized spacial score (nSPS) is 17.8. The first-order valence-corrected chi connectivity index (χ1v) is 6.56. The standard InChI is InChI=1S/C13H17ClF2N2.ClH/c14-10-1-2-12(16)11(9-10)13(3-4-15)18-7-5-17-6-8-18;/h1-2,9,13,17H,3-8H2;1H/t13-;/m0./s1. The number of nitrogens with one attached hydrogen (secondary N) is 1. The lowest BCUT2D eigenvalue weighted by Crippen LogP contribution is -2.45. The van der Waals surface area contributed by atoms with Gasteiger partial charge in [0.15, 0.2) is 0 Å². The van der Waals surface area contributed by atoms with Crippen LogP contribution in [0.5, 0.6) is 0 Å². The van der Waals surface area contributed by atoms with Gasteiger partial charge in [0.25, 0.3) is 0 Å². The van der Waals surface area contributed by atoms with Gasteiger partial charge in [0, 0.05) is 42.8 Å². The Balaban J connectivity index is 0.00000180. The predicted molar refractivity (Wildman–Crippen MR) is 76.4 cm³/mol. The molecule has 0 saturated carbocycles. The minimum Gasteiger partial charge on any atom is -0.314 e. The highest BCUT2D eigenvalue weighted by atomic mass is 35.5. The zero-order chi connectivity index (χ0) is 13.0. The lowest BCUT2D eigenvalue weighted by atomic mass is 10.0. The Morgan fingerprint density at radius 2 is 2.00 bits per heavy atom. The second kappa shape index (κ2) is 8.00. The van der Waals surface area contributed by atoms with Crippen LogP contribution in [0.15, 0.2) is 18.2 Å².